The molecule has 1 fully saturated rings. The minimum atomic E-state index is -1.22. The molecule has 3 aromatic rings. The highest BCUT2D eigenvalue weighted by molar-refractivity contribution is 5.78. The lowest BCUT2D eigenvalue weighted by Crippen LogP contribution is -2.45. The van der Waals surface area contributed by atoms with Gasteiger partial charge in [0.1, 0.15) is 5.82 Å². The first-order valence-electron chi connectivity index (χ1n) is 14.9. The summed E-state index contributed by atoms with van der Waals surface area (Å²) in [5.74, 6) is -0.385. The maximum atomic E-state index is 12.6. The van der Waals surface area contributed by atoms with Crippen LogP contribution in [-0.2, 0) is 38.6 Å². The van der Waals surface area contributed by atoms with Crippen LogP contribution in [0.2, 0.25) is 0 Å². The summed E-state index contributed by atoms with van der Waals surface area (Å²) in [7, 11) is 0. The number of hydrogen-bond donors (Lipinski definition) is 1. The topological polar surface area (TPSA) is 98.4 Å². The molecule has 43 heavy (non-hydrogen) atoms. The van der Waals surface area contributed by atoms with Crippen LogP contribution < -0.4 is 4.90 Å². The van der Waals surface area contributed by atoms with Gasteiger partial charge in [-0.05, 0) is 71.9 Å². The van der Waals surface area contributed by atoms with Crippen LogP contribution >= 0.6 is 0 Å². The van der Waals surface area contributed by atoms with E-state index in [2.05, 4.69) is 50.1 Å². The summed E-state index contributed by atoms with van der Waals surface area (Å²) >= 11 is 0. The quantitative estimate of drug-likeness (QED) is 0.232. The lowest BCUT2D eigenvalue weighted by Gasteiger charge is -2.41. The molecule has 0 amide bonds. The number of aliphatic carboxylic acids is 1. The number of benzene rings is 1. The Kier molecular flexibility index (Phi) is 10.1. The molecule has 1 aromatic carbocycles. The molecule has 0 saturated carbocycles. The van der Waals surface area contributed by atoms with Crippen molar-refractivity contribution in [1.29, 1.82) is 0 Å². The maximum absolute atomic E-state index is 12.6. The molecule has 0 radical (unpaired) electrons. The summed E-state index contributed by atoms with van der Waals surface area (Å²) in [4.78, 5) is 19.6. The SMILES string of the molecule is C=CCOC1(C)CCN(c2c(C(OC(C)(C)C)C(=O)O)c(C)nc3cc(COCc4ccc(C)cc4CC=C)nn23)CC1. The molecule has 0 spiro atoms. The molecular weight excluding hydrogens is 544 g/mol. The summed E-state index contributed by atoms with van der Waals surface area (Å²) in [6, 6.07) is 8.25. The Morgan fingerprint density at radius 1 is 1.12 bits per heavy atom. The van der Waals surface area contributed by atoms with E-state index in [0.29, 0.717) is 54.7 Å². The summed E-state index contributed by atoms with van der Waals surface area (Å²) in [5.41, 5.74) is 4.98. The molecule has 4 rings (SSSR count). The highest BCUT2D eigenvalue weighted by Gasteiger charge is 2.37. The minimum absolute atomic E-state index is 0.285. The largest absolute Gasteiger partial charge is 0.479 e. The van der Waals surface area contributed by atoms with E-state index in [-0.39, 0.29) is 12.2 Å². The van der Waals surface area contributed by atoms with Crippen molar-refractivity contribution in [3.05, 3.63) is 83.2 Å². The number of carboxylic acids is 1. The second-order valence-electron chi connectivity index (χ2n) is 12.6. The molecule has 9 heteroatoms. The number of hydrogen-bond acceptors (Lipinski definition) is 7. The molecule has 1 N–H and O–H groups in total. The van der Waals surface area contributed by atoms with Gasteiger partial charge in [0.25, 0.3) is 0 Å². The van der Waals surface area contributed by atoms with Crippen LogP contribution in [0.15, 0.2) is 49.6 Å². The summed E-state index contributed by atoms with van der Waals surface area (Å²) < 4.78 is 20.1. The number of fused-ring (bicyclic) bond motifs is 1. The van der Waals surface area contributed by atoms with Crippen LogP contribution in [-0.4, -0.2) is 56.6 Å². The molecular formula is C34H46N4O5. The monoisotopic (exact) mass is 590 g/mol. The van der Waals surface area contributed by atoms with Crippen molar-refractivity contribution in [1.82, 2.24) is 14.6 Å². The van der Waals surface area contributed by atoms with Crippen molar-refractivity contribution in [3.63, 3.8) is 0 Å². The first kappa shape index (κ1) is 32.4. The smallest absolute Gasteiger partial charge is 0.337 e. The van der Waals surface area contributed by atoms with Gasteiger partial charge in [-0.25, -0.2) is 9.78 Å². The number of anilines is 1. The fourth-order valence-electron chi connectivity index (χ4n) is 5.53. The van der Waals surface area contributed by atoms with Crippen molar-refractivity contribution in [2.45, 2.75) is 91.3 Å². The van der Waals surface area contributed by atoms with Crippen molar-refractivity contribution >= 4 is 17.4 Å². The highest BCUT2D eigenvalue weighted by atomic mass is 16.5. The number of allylic oxidation sites excluding steroid dienone is 1. The molecule has 0 aliphatic carbocycles. The molecule has 3 heterocycles. The van der Waals surface area contributed by atoms with Crippen LogP contribution in [0.4, 0.5) is 5.82 Å². The number of carboxylic acid groups (broad SMARTS) is 1. The normalized spacial score (nSPS) is 15.9. The first-order valence-corrected chi connectivity index (χ1v) is 14.9. The Balaban J connectivity index is 1.70. The number of nitrogens with zero attached hydrogens (tertiary/aromatic N) is 4. The number of rotatable bonds is 13. The number of carbonyl (C=O) groups is 1. The zero-order valence-electron chi connectivity index (χ0n) is 26.5. The Morgan fingerprint density at radius 2 is 1.84 bits per heavy atom. The standard InChI is InChI=1S/C34H46N4O5/c1-9-11-25-19-23(3)12-13-26(25)21-41-22-27-20-28-35-24(4)29(30(32(39)40)43-33(5,6)7)31(38(28)36-27)37-16-14-34(8,15-17-37)42-18-10-2/h9-10,12-13,19-20,30H,1-2,11,14-18,21-22H2,3-8H3,(H,39,40). The van der Waals surface area contributed by atoms with E-state index in [0.717, 1.165) is 24.8 Å². The highest BCUT2D eigenvalue weighted by Crippen LogP contribution is 2.37. The second-order valence-corrected chi connectivity index (χ2v) is 12.6. The molecule has 0 bridgehead atoms. The predicted molar refractivity (Wildman–Crippen MR) is 169 cm³/mol. The fraction of sp³-hybridized carbons (Fsp3) is 0.500. The average molecular weight is 591 g/mol. The number of ether oxygens (including phenoxy) is 3. The summed E-state index contributed by atoms with van der Waals surface area (Å²) in [6.45, 7) is 21.8. The minimum Gasteiger partial charge on any atom is -0.479 e. The van der Waals surface area contributed by atoms with Crippen LogP contribution in [0, 0.1) is 13.8 Å². The maximum Gasteiger partial charge on any atom is 0.337 e. The van der Waals surface area contributed by atoms with E-state index in [1.807, 2.05) is 39.8 Å². The van der Waals surface area contributed by atoms with Crippen molar-refractivity contribution in [2.75, 3.05) is 24.6 Å². The molecule has 2 aromatic heterocycles. The lowest BCUT2D eigenvalue weighted by molar-refractivity contribution is -0.160. The van der Waals surface area contributed by atoms with Gasteiger partial charge in [0.05, 0.1) is 42.3 Å². The summed E-state index contributed by atoms with van der Waals surface area (Å²) in [6.07, 6.45) is 4.75. The van der Waals surface area contributed by atoms with Gasteiger partial charge in [0, 0.05) is 24.8 Å². The molecule has 1 aliphatic heterocycles. The molecule has 232 valence electrons. The van der Waals surface area contributed by atoms with E-state index in [9.17, 15) is 9.90 Å². The molecule has 1 unspecified atom stereocenters. The average Bonchev–Trinajstić information content (AvgIpc) is 3.33. The van der Waals surface area contributed by atoms with E-state index in [1.54, 1.807) is 10.6 Å². The first-order chi connectivity index (χ1) is 20.3. The van der Waals surface area contributed by atoms with Gasteiger partial charge in [-0.1, -0.05) is 35.9 Å². The molecule has 1 aliphatic rings. The Bertz CT molecular complexity index is 1460. The lowest BCUT2D eigenvalue weighted by atomic mass is 9.92. The van der Waals surface area contributed by atoms with Gasteiger partial charge in [0.15, 0.2) is 11.8 Å². The summed E-state index contributed by atoms with van der Waals surface area (Å²) in [5, 5.41) is 15.2. The van der Waals surface area contributed by atoms with Gasteiger partial charge in [-0.3, -0.25) is 0 Å². The van der Waals surface area contributed by atoms with Crippen molar-refractivity contribution in [2.24, 2.45) is 0 Å². The third kappa shape index (κ3) is 7.90. The fourth-order valence-corrected chi connectivity index (χ4v) is 5.53. The van der Waals surface area contributed by atoms with Gasteiger partial charge in [-0.2, -0.15) is 9.61 Å². The zero-order chi connectivity index (χ0) is 31.4. The molecule has 1 atom stereocenters. The Labute approximate surface area is 255 Å². The van der Waals surface area contributed by atoms with E-state index in [4.69, 9.17) is 24.3 Å². The van der Waals surface area contributed by atoms with Gasteiger partial charge in [0.2, 0.25) is 0 Å². The van der Waals surface area contributed by atoms with E-state index < -0.39 is 17.7 Å². The Morgan fingerprint density at radius 3 is 2.47 bits per heavy atom. The van der Waals surface area contributed by atoms with Crippen LogP contribution in [0.5, 0.6) is 0 Å². The number of piperidine rings is 1. The predicted octanol–water partition coefficient (Wildman–Crippen LogP) is 6.29. The van der Waals surface area contributed by atoms with Gasteiger partial charge in [-0.15, -0.1) is 13.2 Å². The third-order valence-electron chi connectivity index (χ3n) is 7.72. The van der Waals surface area contributed by atoms with Gasteiger partial charge < -0.3 is 24.2 Å². The van der Waals surface area contributed by atoms with Gasteiger partial charge >= 0.3 is 5.97 Å². The third-order valence-corrected chi connectivity index (χ3v) is 7.72. The molecule has 9 nitrogen and oxygen atoms in total. The van der Waals surface area contributed by atoms with Crippen LogP contribution in [0.1, 0.15) is 80.3 Å². The van der Waals surface area contributed by atoms with Crippen LogP contribution in [0.25, 0.3) is 5.65 Å². The van der Waals surface area contributed by atoms with Crippen LogP contribution in [0.3, 0.4) is 0 Å². The second kappa shape index (κ2) is 13.4. The number of aromatic nitrogens is 3. The van der Waals surface area contributed by atoms with E-state index >= 15 is 0 Å². The molecule has 1 saturated heterocycles. The zero-order valence-corrected chi connectivity index (χ0v) is 26.5. The number of aryl methyl sites for hydroxylation is 2. The van der Waals surface area contributed by atoms with Crippen molar-refractivity contribution in [3.8, 4) is 0 Å². The Hall–Kier alpha value is -3.53. The van der Waals surface area contributed by atoms with E-state index in [1.165, 1.54) is 11.1 Å². The van der Waals surface area contributed by atoms with Crippen molar-refractivity contribution < 1.29 is 24.1 Å².